The monoisotopic (exact) mass is 199 g/mol. The highest BCUT2D eigenvalue weighted by Gasteiger charge is 2.30. The Morgan fingerprint density at radius 3 is 2.43 bits per heavy atom. The Morgan fingerprint density at radius 1 is 1.29 bits per heavy atom. The van der Waals surface area contributed by atoms with Crippen molar-refractivity contribution in [2.24, 2.45) is 0 Å². The van der Waals surface area contributed by atoms with Gasteiger partial charge < -0.3 is 9.90 Å². The summed E-state index contributed by atoms with van der Waals surface area (Å²) in [7, 11) is 0. The highest BCUT2D eigenvalue weighted by atomic mass is 19.2. The number of hydrogen-bond acceptors (Lipinski definition) is 3. The van der Waals surface area contributed by atoms with E-state index >= 15 is 0 Å². The van der Waals surface area contributed by atoms with Crippen LogP contribution in [-0.2, 0) is 4.79 Å². The Balaban J connectivity index is 2.57. The van der Waals surface area contributed by atoms with E-state index < -0.39 is 23.9 Å². The third kappa shape index (κ3) is 1.21. The number of fused-ring (bicyclic) bond motifs is 1. The molecule has 1 aromatic rings. The molecule has 74 valence electrons. The molecule has 2 N–H and O–H groups in total. The zero-order valence-corrected chi connectivity index (χ0v) is 7.00. The lowest BCUT2D eigenvalue weighted by molar-refractivity contribution is -0.110. The Bertz CT molecular complexity index is 395. The van der Waals surface area contributed by atoms with E-state index in [9.17, 15) is 18.7 Å². The predicted molar refractivity (Wildman–Crippen MR) is 43.3 cm³/mol. The molecule has 0 fully saturated rings. The second-order valence-electron chi connectivity index (χ2n) is 3.08. The standard InChI is InChI=1S/C9H7F2NO2/c10-6-1-4-5(2-7(6)11)9(14)12-8(4)3-13/h1-3,8-9,12,14H. The molecule has 1 heterocycles. The summed E-state index contributed by atoms with van der Waals surface area (Å²) in [6, 6.07) is 1.05. The van der Waals surface area contributed by atoms with E-state index in [0.29, 0.717) is 6.29 Å². The average molecular weight is 199 g/mol. The summed E-state index contributed by atoms with van der Waals surface area (Å²) in [4.78, 5) is 10.5. The number of aliphatic hydroxyl groups is 1. The van der Waals surface area contributed by atoms with E-state index in [1.54, 1.807) is 0 Å². The zero-order valence-electron chi connectivity index (χ0n) is 7.00. The first-order valence-corrected chi connectivity index (χ1v) is 4.01. The zero-order chi connectivity index (χ0) is 10.3. The molecule has 1 aliphatic rings. The van der Waals surface area contributed by atoms with Crippen molar-refractivity contribution in [1.82, 2.24) is 5.32 Å². The van der Waals surface area contributed by atoms with Crippen molar-refractivity contribution in [3.63, 3.8) is 0 Å². The first-order chi connectivity index (χ1) is 6.63. The minimum atomic E-state index is -1.12. The van der Waals surface area contributed by atoms with Crippen molar-refractivity contribution in [2.45, 2.75) is 12.3 Å². The molecule has 0 aliphatic carbocycles. The first kappa shape index (κ1) is 9.23. The summed E-state index contributed by atoms with van der Waals surface area (Å²) in [5.74, 6) is -2.05. The Kier molecular flexibility index (Phi) is 2.05. The molecule has 1 aliphatic heterocycles. The number of carbonyl (C=O) groups is 1. The van der Waals surface area contributed by atoms with Gasteiger partial charge in [0.1, 0.15) is 12.5 Å². The number of benzene rings is 1. The van der Waals surface area contributed by atoms with E-state index in [-0.39, 0.29) is 11.1 Å². The van der Waals surface area contributed by atoms with Crippen molar-refractivity contribution in [2.75, 3.05) is 0 Å². The summed E-state index contributed by atoms with van der Waals surface area (Å²) in [5, 5.41) is 11.8. The van der Waals surface area contributed by atoms with Gasteiger partial charge in [0.2, 0.25) is 0 Å². The largest absolute Gasteiger partial charge is 0.374 e. The molecule has 2 atom stereocenters. The van der Waals surface area contributed by atoms with Crippen LogP contribution in [0.5, 0.6) is 0 Å². The molecule has 14 heavy (non-hydrogen) atoms. The highest BCUT2D eigenvalue weighted by Crippen LogP contribution is 2.31. The Hall–Kier alpha value is -1.33. The molecule has 5 heteroatoms. The SMILES string of the molecule is O=CC1NC(O)c2cc(F)c(F)cc21. The van der Waals surface area contributed by atoms with Crippen molar-refractivity contribution >= 4 is 6.29 Å². The number of hydrogen-bond donors (Lipinski definition) is 2. The smallest absolute Gasteiger partial charge is 0.159 e. The quantitative estimate of drug-likeness (QED) is 0.657. The fourth-order valence-electron chi connectivity index (χ4n) is 1.55. The second kappa shape index (κ2) is 3.11. The summed E-state index contributed by atoms with van der Waals surface area (Å²) in [6.07, 6.45) is -0.581. The van der Waals surface area contributed by atoms with Gasteiger partial charge in [-0.05, 0) is 17.7 Å². The van der Waals surface area contributed by atoms with Crippen LogP contribution in [0.4, 0.5) is 8.78 Å². The van der Waals surface area contributed by atoms with E-state index in [4.69, 9.17) is 0 Å². The molecule has 0 bridgehead atoms. The fraction of sp³-hybridized carbons (Fsp3) is 0.222. The summed E-state index contributed by atoms with van der Waals surface area (Å²) >= 11 is 0. The molecule has 0 saturated carbocycles. The number of aldehydes is 1. The number of carbonyl (C=O) groups excluding carboxylic acids is 1. The van der Waals surface area contributed by atoms with Gasteiger partial charge in [0.25, 0.3) is 0 Å². The number of rotatable bonds is 1. The van der Waals surface area contributed by atoms with E-state index in [0.717, 1.165) is 12.1 Å². The Labute approximate surface area is 78.4 Å². The van der Waals surface area contributed by atoms with Crippen LogP contribution in [0.3, 0.4) is 0 Å². The maximum Gasteiger partial charge on any atom is 0.159 e. The minimum Gasteiger partial charge on any atom is -0.374 e. The molecule has 3 nitrogen and oxygen atoms in total. The maximum atomic E-state index is 12.8. The van der Waals surface area contributed by atoms with Gasteiger partial charge in [0, 0.05) is 5.56 Å². The van der Waals surface area contributed by atoms with Crippen LogP contribution in [-0.4, -0.2) is 11.4 Å². The average Bonchev–Trinajstić information content (AvgIpc) is 2.45. The predicted octanol–water partition coefficient (Wildman–Crippen LogP) is 0.799. The maximum absolute atomic E-state index is 12.8. The second-order valence-corrected chi connectivity index (χ2v) is 3.08. The Morgan fingerprint density at radius 2 is 1.86 bits per heavy atom. The van der Waals surface area contributed by atoms with Gasteiger partial charge in [-0.25, -0.2) is 8.78 Å². The third-order valence-electron chi connectivity index (χ3n) is 2.23. The molecule has 0 aromatic heterocycles. The fourth-order valence-corrected chi connectivity index (χ4v) is 1.55. The topological polar surface area (TPSA) is 49.3 Å². The normalized spacial score (nSPS) is 24.8. The van der Waals surface area contributed by atoms with Gasteiger partial charge in [0.15, 0.2) is 11.6 Å². The van der Waals surface area contributed by atoms with Crippen LogP contribution >= 0.6 is 0 Å². The highest BCUT2D eigenvalue weighted by molar-refractivity contribution is 5.64. The first-order valence-electron chi connectivity index (χ1n) is 4.01. The number of nitrogens with one attached hydrogen (secondary N) is 1. The van der Waals surface area contributed by atoms with Gasteiger partial charge in [-0.15, -0.1) is 0 Å². The molecule has 2 unspecified atom stereocenters. The van der Waals surface area contributed by atoms with E-state index in [1.807, 2.05) is 0 Å². The van der Waals surface area contributed by atoms with Gasteiger partial charge in [-0.1, -0.05) is 0 Å². The molecular weight excluding hydrogens is 192 g/mol. The van der Waals surface area contributed by atoms with Crippen LogP contribution in [0.1, 0.15) is 23.4 Å². The van der Waals surface area contributed by atoms with Crippen molar-refractivity contribution < 1.29 is 18.7 Å². The van der Waals surface area contributed by atoms with Crippen LogP contribution in [0, 0.1) is 11.6 Å². The van der Waals surface area contributed by atoms with Crippen LogP contribution in [0.2, 0.25) is 0 Å². The third-order valence-corrected chi connectivity index (χ3v) is 2.23. The molecule has 0 radical (unpaired) electrons. The van der Waals surface area contributed by atoms with Crippen LogP contribution < -0.4 is 5.32 Å². The van der Waals surface area contributed by atoms with Crippen molar-refractivity contribution in [1.29, 1.82) is 0 Å². The molecule has 0 spiro atoms. The van der Waals surface area contributed by atoms with E-state index in [2.05, 4.69) is 5.32 Å². The van der Waals surface area contributed by atoms with Crippen LogP contribution in [0.25, 0.3) is 0 Å². The van der Waals surface area contributed by atoms with Gasteiger partial charge in [-0.2, -0.15) is 0 Å². The van der Waals surface area contributed by atoms with E-state index in [1.165, 1.54) is 0 Å². The molecule has 0 saturated heterocycles. The van der Waals surface area contributed by atoms with Crippen LogP contribution in [0.15, 0.2) is 12.1 Å². The van der Waals surface area contributed by atoms with Gasteiger partial charge in [-0.3, -0.25) is 5.32 Å². The molecule has 1 aromatic carbocycles. The van der Waals surface area contributed by atoms with Gasteiger partial charge >= 0.3 is 0 Å². The molecule has 2 rings (SSSR count). The molecular formula is C9H7F2NO2. The summed E-state index contributed by atoms with van der Waals surface area (Å²) in [6.45, 7) is 0. The summed E-state index contributed by atoms with van der Waals surface area (Å²) < 4.78 is 25.6. The lowest BCUT2D eigenvalue weighted by Gasteiger charge is -2.02. The number of aliphatic hydroxyl groups excluding tert-OH is 1. The summed E-state index contributed by atoms with van der Waals surface area (Å²) in [5.41, 5.74) is 0.493. The minimum absolute atomic E-state index is 0.209. The van der Waals surface area contributed by atoms with Gasteiger partial charge in [0.05, 0.1) is 6.04 Å². The van der Waals surface area contributed by atoms with Crippen molar-refractivity contribution in [3.05, 3.63) is 34.9 Å². The number of halogens is 2. The molecule has 0 amide bonds. The lowest BCUT2D eigenvalue weighted by atomic mass is 10.1. The lowest BCUT2D eigenvalue weighted by Crippen LogP contribution is -2.17. The van der Waals surface area contributed by atoms with Crippen molar-refractivity contribution in [3.8, 4) is 0 Å².